The summed E-state index contributed by atoms with van der Waals surface area (Å²) in [5, 5.41) is 1.54. The van der Waals surface area contributed by atoms with E-state index in [0.29, 0.717) is 11.1 Å². The number of hydrogen-bond donors (Lipinski definition) is 0. The lowest BCUT2D eigenvalue weighted by Crippen LogP contribution is -2.00. The van der Waals surface area contributed by atoms with Crippen LogP contribution in [0.3, 0.4) is 0 Å². The molecule has 0 aliphatic heterocycles. The van der Waals surface area contributed by atoms with Gasteiger partial charge in [-0.1, -0.05) is 145 Å². The van der Waals surface area contributed by atoms with Gasteiger partial charge >= 0.3 is 0 Å². The van der Waals surface area contributed by atoms with Gasteiger partial charge in [0.1, 0.15) is 11.2 Å². The van der Waals surface area contributed by atoms with Crippen LogP contribution in [0.2, 0.25) is 0 Å². The first kappa shape index (κ1) is 17.9. The van der Waals surface area contributed by atoms with Gasteiger partial charge in [-0.3, -0.25) is 0 Å². The van der Waals surface area contributed by atoms with Crippen LogP contribution < -0.4 is 0 Å². The molecule has 0 fully saturated rings. The molecule has 0 atom stereocenters. The molecule has 2 heterocycles. The van der Waals surface area contributed by atoms with Crippen LogP contribution in [0.5, 0.6) is 0 Å². The lowest BCUT2D eigenvalue weighted by atomic mass is 9.98. The van der Waals surface area contributed by atoms with Crippen molar-refractivity contribution in [3.05, 3.63) is 164 Å². The van der Waals surface area contributed by atoms with E-state index in [9.17, 15) is 2.74 Å². The van der Waals surface area contributed by atoms with Gasteiger partial charge < -0.3 is 4.42 Å². The Morgan fingerprint density at radius 3 is 2.00 bits per heavy atom. The normalized spacial score (nSPS) is 14.7. The van der Waals surface area contributed by atoms with Gasteiger partial charge in [-0.05, 0) is 51.2 Å². The lowest BCUT2D eigenvalue weighted by molar-refractivity contribution is 0.669. The molecular weight excluding hydrogens is 574 g/mol. The Morgan fingerprint density at radius 2 is 1.15 bits per heavy atom. The summed E-state index contributed by atoms with van der Waals surface area (Å²) in [6.07, 6.45) is 0. The summed E-state index contributed by atoms with van der Waals surface area (Å²) in [6.45, 7) is 0. The fourth-order valence-electron chi connectivity index (χ4n) is 5.73. The molecule has 0 unspecified atom stereocenters. The molecule has 0 radical (unpaired) electrons. The minimum atomic E-state index is -0.622. The second-order valence-electron chi connectivity index (χ2n) is 10.8. The summed E-state index contributed by atoms with van der Waals surface area (Å²) < 4.78 is 103. The van der Waals surface area contributed by atoms with Gasteiger partial charge in [-0.25, -0.2) is 15.0 Å². The van der Waals surface area contributed by atoms with Crippen molar-refractivity contribution in [3.63, 3.8) is 0 Å². The third kappa shape index (κ3) is 4.84. The number of hydrogen-bond acceptors (Lipinski definition) is 4. The van der Waals surface area contributed by atoms with Crippen molar-refractivity contribution in [1.29, 1.82) is 0 Å². The molecule has 220 valence electrons. The van der Waals surface area contributed by atoms with Gasteiger partial charge in [0.25, 0.3) is 0 Å². The van der Waals surface area contributed by atoms with E-state index in [4.69, 9.17) is 21.7 Å². The zero-order chi connectivity index (χ0) is 40.7. The third-order valence-electron chi connectivity index (χ3n) is 7.94. The summed E-state index contributed by atoms with van der Waals surface area (Å²) in [4.78, 5) is 13.9. The van der Waals surface area contributed by atoms with Crippen LogP contribution >= 0.6 is 0 Å². The van der Waals surface area contributed by atoms with Crippen molar-refractivity contribution in [2.45, 2.75) is 0 Å². The van der Waals surface area contributed by atoms with E-state index in [-0.39, 0.29) is 57.0 Å². The highest BCUT2D eigenvalue weighted by Gasteiger charge is 2.16. The summed E-state index contributed by atoms with van der Waals surface area (Å²) in [5.74, 6) is -0.674. The van der Waals surface area contributed by atoms with E-state index in [1.165, 1.54) is 0 Å². The molecule has 4 nitrogen and oxygen atoms in total. The Bertz CT molecular complexity index is 3160. The second-order valence-corrected chi connectivity index (χ2v) is 10.8. The molecule has 0 bridgehead atoms. The highest BCUT2D eigenvalue weighted by atomic mass is 16.3. The Morgan fingerprint density at radius 1 is 0.426 bits per heavy atom. The van der Waals surface area contributed by atoms with E-state index in [1.54, 1.807) is 42.5 Å². The monoisotopic (exact) mass is 612 g/mol. The molecule has 47 heavy (non-hydrogen) atoms. The van der Waals surface area contributed by atoms with Crippen LogP contribution in [0.25, 0.3) is 89.1 Å². The molecule has 2 aromatic heterocycles. The van der Waals surface area contributed by atoms with Crippen LogP contribution in [-0.2, 0) is 0 Å². The van der Waals surface area contributed by atoms with Gasteiger partial charge in [0.05, 0.1) is 15.1 Å². The first-order valence-corrected chi connectivity index (χ1v) is 14.8. The van der Waals surface area contributed by atoms with Crippen molar-refractivity contribution in [3.8, 4) is 56.4 Å². The first-order valence-electron chi connectivity index (χ1n) is 20.3. The van der Waals surface area contributed by atoms with Gasteiger partial charge in [0.2, 0.25) is 0 Å². The molecule has 0 saturated heterocycles. The second kappa shape index (κ2) is 11.2. The maximum Gasteiger partial charge on any atom is 0.164 e. The highest BCUT2D eigenvalue weighted by Crippen LogP contribution is 2.37. The van der Waals surface area contributed by atoms with Crippen molar-refractivity contribution in [1.82, 2.24) is 15.0 Å². The number of aromatic nitrogens is 3. The van der Waals surface area contributed by atoms with E-state index in [1.807, 2.05) is 54.6 Å². The average molecular weight is 613 g/mol. The first-order chi connectivity index (χ1) is 27.9. The van der Waals surface area contributed by atoms with Crippen LogP contribution in [-0.4, -0.2) is 15.0 Å². The van der Waals surface area contributed by atoms with Gasteiger partial charge in [0, 0.05) is 27.5 Å². The van der Waals surface area contributed by atoms with Crippen LogP contribution in [0.15, 0.2) is 168 Å². The van der Waals surface area contributed by atoms with Crippen molar-refractivity contribution in [2.75, 3.05) is 0 Å². The number of fused-ring (bicyclic) bond motifs is 4. The van der Waals surface area contributed by atoms with Gasteiger partial charge in [0.15, 0.2) is 17.5 Å². The Balaban J connectivity index is 1.31. The smallest absolute Gasteiger partial charge is 0.164 e. The van der Waals surface area contributed by atoms with E-state index < -0.39 is 54.4 Å². The van der Waals surface area contributed by atoms with Gasteiger partial charge in [-0.15, -0.1) is 0 Å². The van der Waals surface area contributed by atoms with E-state index >= 15 is 0 Å². The number of nitrogens with zero attached hydrogens (tertiary/aromatic N) is 3. The summed E-state index contributed by atoms with van der Waals surface area (Å²) >= 11 is 0. The molecule has 7 aromatic carbocycles. The zero-order valence-corrected chi connectivity index (χ0v) is 24.5. The quantitative estimate of drug-likeness (QED) is 0.194. The number of furan rings is 1. The predicted octanol–water partition coefficient (Wildman–Crippen LogP) is 11.3. The Kier molecular flexibility index (Phi) is 4.27. The molecule has 0 spiro atoms. The summed E-state index contributed by atoms with van der Waals surface area (Å²) in [7, 11) is 0. The maximum absolute atomic E-state index is 9.21. The molecular formula is C43H27N3O. The topological polar surface area (TPSA) is 51.8 Å². The fraction of sp³-hybridized carbons (Fsp3) is 0. The predicted molar refractivity (Wildman–Crippen MR) is 192 cm³/mol. The van der Waals surface area contributed by atoms with E-state index in [2.05, 4.69) is 9.97 Å². The molecule has 0 aliphatic carbocycles. The van der Waals surface area contributed by atoms with Gasteiger partial charge in [-0.2, -0.15) is 0 Å². The fourth-order valence-corrected chi connectivity index (χ4v) is 5.73. The average Bonchev–Trinajstić information content (AvgIpc) is 3.63. The summed E-state index contributed by atoms with van der Waals surface area (Å²) in [5.41, 5.74) is 3.58. The lowest BCUT2D eigenvalue weighted by Gasteiger charge is -2.12. The molecule has 0 aliphatic rings. The van der Waals surface area contributed by atoms with Crippen molar-refractivity contribution >= 4 is 32.7 Å². The van der Waals surface area contributed by atoms with Crippen molar-refractivity contribution in [2.24, 2.45) is 0 Å². The van der Waals surface area contributed by atoms with Crippen LogP contribution in [0, 0.1) is 0 Å². The maximum atomic E-state index is 9.21. The number of benzene rings is 7. The number of rotatable bonds is 5. The molecule has 0 saturated carbocycles. The molecule has 0 amide bonds. The summed E-state index contributed by atoms with van der Waals surface area (Å²) in [6, 6.07) is 23.5. The Hall–Kier alpha value is -6.39. The zero-order valence-electron chi connectivity index (χ0n) is 35.5. The minimum absolute atomic E-state index is 0.0241. The van der Waals surface area contributed by atoms with Crippen LogP contribution in [0.4, 0.5) is 0 Å². The third-order valence-corrected chi connectivity index (χ3v) is 7.94. The SMILES string of the molecule is [2H]c1c([2H])c([2H])c(-c2nc(-c3ccc(-c4cccc5oc6ccccc6c45)cc3)nc(-c3c([2H])c([2H])c([2H])c4c([2H])c(-c5ccccc5)c([2H])c([2H])c34)n2)c([2H])c1[2H]. The number of para-hydroxylation sites is 1. The highest BCUT2D eigenvalue weighted by molar-refractivity contribution is 6.12. The molecule has 4 heteroatoms. The molecule has 9 aromatic rings. The molecule has 9 rings (SSSR count). The van der Waals surface area contributed by atoms with Crippen molar-refractivity contribution < 1.29 is 19.5 Å². The Labute approximate surface area is 287 Å². The van der Waals surface area contributed by atoms with E-state index in [0.717, 1.165) is 33.1 Å². The largest absolute Gasteiger partial charge is 0.456 e. The minimum Gasteiger partial charge on any atom is -0.456 e. The standard InChI is InChI=1S/C43H27N3O/c1-3-11-28(12-4-1)32-25-26-34-33(27-32)15-9-18-36(34)43-45-41(30-13-5-2-6-14-30)44-42(46-43)31-23-21-29(22-24-31)35-17-10-20-39-40(35)37-16-7-8-19-38(37)47-39/h1-27H/i2D,5D,6D,9D,13D,14D,15D,18D,25D,26D,27D. The van der Waals surface area contributed by atoms with Crippen LogP contribution in [0.1, 0.15) is 15.1 Å². The molecule has 0 N–H and O–H groups in total.